The summed E-state index contributed by atoms with van der Waals surface area (Å²) in [6.45, 7) is 7.63. The van der Waals surface area contributed by atoms with Crippen molar-refractivity contribution in [3.05, 3.63) is 12.2 Å². The topological polar surface area (TPSA) is 7.68 Å². The lowest BCUT2D eigenvalue weighted by atomic mass is 10.5. The minimum absolute atomic E-state index is 1.13. The maximum absolute atomic E-state index is 2.32. The summed E-state index contributed by atoms with van der Waals surface area (Å²) < 4.78 is 0. The molecule has 0 saturated carbocycles. The fourth-order valence-electron chi connectivity index (χ4n) is 0.956. The molecule has 0 bridgehead atoms. The molecule has 0 aromatic carbocycles. The summed E-state index contributed by atoms with van der Waals surface area (Å²) in [6, 6.07) is 0. The summed E-state index contributed by atoms with van der Waals surface area (Å²) in [6.07, 6.45) is 4.31. The first kappa shape index (κ1) is 10.7. The van der Waals surface area contributed by atoms with Gasteiger partial charge in [-0.05, 0) is 20.0 Å². The predicted octanol–water partition coefficient (Wildman–Crippen LogP) is -0.0136. The normalized spacial score (nSPS) is 14.6. The Balaban J connectivity index is 3.42. The molecule has 66 valence electrons. The fraction of sp³-hybridized carbons (Fsp3) is 0.778. The lowest BCUT2D eigenvalue weighted by Gasteiger charge is -2.18. The van der Waals surface area contributed by atoms with Gasteiger partial charge in [0, 0.05) is 6.54 Å². The zero-order valence-electron chi connectivity index (χ0n) is 8.22. The third kappa shape index (κ3) is 6.07. The molecule has 0 aromatic heterocycles. The summed E-state index contributed by atoms with van der Waals surface area (Å²) in [4.78, 5) is 3.85. The van der Waals surface area contributed by atoms with Crippen molar-refractivity contribution in [2.24, 2.45) is 0 Å². The number of nitrogens with one attached hydrogen (secondary N) is 1. The lowest BCUT2D eigenvalue weighted by molar-refractivity contribution is -0.884. The molecule has 0 aliphatic heterocycles. The number of likely N-dealkylation sites (N-methyl/N-ethyl adjacent to an activating group) is 1. The highest BCUT2D eigenvalue weighted by Gasteiger charge is 2.00. The Labute approximate surface area is 70.5 Å². The van der Waals surface area contributed by atoms with E-state index in [-0.39, 0.29) is 0 Å². The van der Waals surface area contributed by atoms with E-state index in [4.69, 9.17) is 0 Å². The molecule has 0 aromatic rings. The number of allylic oxidation sites excluding steroid dienone is 1. The quantitative estimate of drug-likeness (QED) is 0.435. The van der Waals surface area contributed by atoms with E-state index in [1.807, 2.05) is 0 Å². The van der Waals surface area contributed by atoms with Gasteiger partial charge in [0.05, 0.1) is 13.6 Å². The van der Waals surface area contributed by atoms with Crippen LogP contribution in [0.25, 0.3) is 0 Å². The highest BCUT2D eigenvalue weighted by atomic mass is 15.3. The molecule has 0 heterocycles. The van der Waals surface area contributed by atoms with Gasteiger partial charge in [-0.3, -0.25) is 4.90 Å². The van der Waals surface area contributed by atoms with Crippen LogP contribution in [0.5, 0.6) is 0 Å². The van der Waals surface area contributed by atoms with Crippen molar-refractivity contribution < 1.29 is 4.90 Å². The molecule has 0 rings (SSSR count). The van der Waals surface area contributed by atoms with Crippen LogP contribution in [-0.2, 0) is 0 Å². The summed E-state index contributed by atoms with van der Waals surface area (Å²) in [5.74, 6) is 0. The fourth-order valence-corrected chi connectivity index (χ4v) is 0.956. The molecular formula is C9H21N2+. The minimum Gasteiger partial charge on any atom is -0.322 e. The van der Waals surface area contributed by atoms with E-state index in [0.717, 1.165) is 19.8 Å². The number of nitrogens with zero attached hydrogens (tertiary/aromatic N) is 1. The van der Waals surface area contributed by atoms with Gasteiger partial charge >= 0.3 is 0 Å². The molecule has 11 heavy (non-hydrogen) atoms. The molecule has 0 aliphatic carbocycles. The molecule has 0 amide bonds. The van der Waals surface area contributed by atoms with Crippen LogP contribution < -0.4 is 4.90 Å². The molecule has 1 unspecified atom stereocenters. The Kier molecular flexibility index (Phi) is 6.18. The predicted molar refractivity (Wildman–Crippen MR) is 49.7 cm³/mol. The first-order valence-electron chi connectivity index (χ1n) is 4.31. The Morgan fingerprint density at radius 2 is 2.09 bits per heavy atom. The van der Waals surface area contributed by atoms with Crippen molar-refractivity contribution >= 4 is 0 Å². The van der Waals surface area contributed by atoms with Gasteiger partial charge in [0.15, 0.2) is 0 Å². The van der Waals surface area contributed by atoms with Gasteiger partial charge in [-0.25, -0.2) is 0 Å². The molecule has 2 nitrogen and oxygen atoms in total. The largest absolute Gasteiger partial charge is 0.322 e. The maximum Gasteiger partial charge on any atom is 0.133 e. The highest BCUT2D eigenvalue weighted by molar-refractivity contribution is 4.74. The molecule has 0 radical (unpaired) electrons. The number of hydrogen-bond donors (Lipinski definition) is 1. The van der Waals surface area contributed by atoms with E-state index in [1.165, 1.54) is 4.90 Å². The summed E-state index contributed by atoms with van der Waals surface area (Å²) in [7, 11) is 4.37. The van der Waals surface area contributed by atoms with Gasteiger partial charge in [-0.1, -0.05) is 13.0 Å². The van der Waals surface area contributed by atoms with E-state index in [2.05, 4.69) is 45.0 Å². The molecule has 0 spiro atoms. The highest BCUT2D eigenvalue weighted by Crippen LogP contribution is 1.71. The van der Waals surface area contributed by atoms with Gasteiger partial charge in [0.25, 0.3) is 0 Å². The second-order valence-electron chi connectivity index (χ2n) is 3.06. The summed E-state index contributed by atoms with van der Waals surface area (Å²) in [5, 5.41) is 0. The first-order chi connectivity index (χ1) is 5.20. The van der Waals surface area contributed by atoms with Crippen molar-refractivity contribution in [2.75, 3.05) is 33.9 Å². The number of quaternary nitrogens is 1. The summed E-state index contributed by atoms with van der Waals surface area (Å²) >= 11 is 0. The smallest absolute Gasteiger partial charge is 0.133 e. The third-order valence-electron chi connectivity index (χ3n) is 1.78. The van der Waals surface area contributed by atoms with E-state index < -0.39 is 0 Å². The molecule has 0 fully saturated rings. The standard InChI is InChI=1S/C9H20N2/c1-5-7-8-11(4)9-10(3)6-2/h5,7H,6,8-9H2,1-4H3/p+1/b7-5-. The van der Waals surface area contributed by atoms with Crippen molar-refractivity contribution in [1.82, 2.24) is 4.90 Å². The van der Waals surface area contributed by atoms with Crippen LogP contribution in [0.4, 0.5) is 0 Å². The van der Waals surface area contributed by atoms with Gasteiger partial charge in [0.1, 0.15) is 6.67 Å². The first-order valence-corrected chi connectivity index (χ1v) is 4.31. The van der Waals surface area contributed by atoms with E-state index in [9.17, 15) is 0 Å². The lowest BCUT2D eigenvalue weighted by Crippen LogP contribution is -3.10. The minimum atomic E-state index is 1.13. The average molecular weight is 157 g/mol. The van der Waals surface area contributed by atoms with Gasteiger partial charge in [0.2, 0.25) is 0 Å². The van der Waals surface area contributed by atoms with E-state index >= 15 is 0 Å². The van der Waals surface area contributed by atoms with E-state index in [1.54, 1.807) is 0 Å². The maximum atomic E-state index is 2.32. The molecule has 1 atom stereocenters. The van der Waals surface area contributed by atoms with Crippen LogP contribution in [0.1, 0.15) is 13.8 Å². The second kappa shape index (κ2) is 6.38. The average Bonchev–Trinajstić information content (AvgIpc) is 2.00. The van der Waals surface area contributed by atoms with Crippen molar-refractivity contribution in [3.8, 4) is 0 Å². The van der Waals surface area contributed by atoms with Gasteiger partial charge in [-0.15, -0.1) is 0 Å². The van der Waals surface area contributed by atoms with Crippen molar-refractivity contribution in [3.63, 3.8) is 0 Å². The second-order valence-corrected chi connectivity index (χ2v) is 3.06. The SMILES string of the molecule is C/C=C\C[NH+](C)CN(C)CC. The molecule has 1 N–H and O–H groups in total. The van der Waals surface area contributed by atoms with Crippen molar-refractivity contribution in [1.29, 1.82) is 0 Å². The Morgan fingerprint density at radius 1 is 1.45 bits per heavy atom. The van der Waals surface area contributed by atoms with Gasteiger partial charge in [-0.2, -0.15) is 0 Å². The number of hydrogen-bond acceptors (Lipinski definition) is 1. The number of rotatable bonds is 5. The Hall–Kier alpha value is -0.340. The van der Waals surface area contributed by atoms with Crippen LogP contribution in [0, 0.1) is 0 Å². The molecule has 0 aliphatic rings. The van der Waals surface area contributed by atoms with Gasteiger partial charge < -0.3 is 4.90 Å². The Bertz CT molecular complexity index is 110. The molecule has 2 heteroatoms. The molecule has 0 saturated heterocycles. The van der Waals surface area contributed by atoms with Crippen LogP contribution >= 0.6 is 0 Å². The van der Waals surface area contributed by atoms with Crippen LogP contribution in [0.3, 0.4) is 0 Å². The van der Waals surface area contributed by atoms with Crippen LogP contribution in [-0.4, -0.2) is 38.8 Å². The van der Waals surface area contributed by atoms with E-state index in [0.29, 0.717) is 0 Å². The van der Waals surface area contributed by atoms with Crippen LogP contribution in [0.2, 0.25) is 0 Å². The van der Waals surface area contributed by atoms with Crippen LogP contribution in [0.15, 0.2) is 12.2 Å². The van der Waals surface area contributed by atoms with Crippen molar-refractivity contribution in [2.45, 2.75) is 13.8 Å². The summed E-state index contributed by atoms with van der Waals surface area (Å²) in [5.41, 5.74) is 0. The Morgan fingerprint density at radius 3 is 2.55 bits per heavy atom. The third-order valence-corrected chi connectivity index (χ3v) is 1.78. The zero-order chi connectivity index (χ0) is 8.69. The molecular weight excluding hydrogens is 136 g/mol. The monoisotopic (exact) mass is 157 g/mol. The zero-order valence-corrected chi connectivity index (χ0v) is 8.22.